The highest BCUT2D eigenvalue weighted by Crippen LogP contribution is 2.46. The van der Waals surface area contributed by atoms with E-state index in [1.807, 2.05) is 62.4 Å². The zero-order valence-corrected chi connectivity index (χ0v) is 31.9. The molecule has 5 aliphatic rings. The molecule has 0 radical (unpaired) electrons. The molecule has 3 aliphatic heterocycles. The summed E-state index contributed by atoms with van der Waals surface area (Å²) in [6, 6.07) is 7.69. The molecule has 14 heteroatoms. The minimum Gasteiger partial charge on any atom is -0.472 e. The lowest BCUT2D eigenvalue weighted by Gasteiger charge is -2.30. The molecule has 4 amide bonds. The molecule has 7 rings (SSSR count). The number of sulfonamides is 1. The maximum Gasteiger partial charge on any atom is 0.407 e. The Morgan fingerprint density at radius 1 is 1.02 bits per heavy atom. The number of fused-ring (bicyclic) bond motifs is 5. The van der Waals surface area contributed by atoms with Crippen molar-refractivity contribution < 1.29 is 37.1 Å². The third kappa shape index (κ3) is 8.58. The molecule has 5 atom stereocenters. The highest BCUT2D eigenvalue weighted by atomic mass is 32.2. The number of nitrogens with zero attached hydrogens (tertiary/aromatic N) is 2. The molecule has 54 heavy (non-hydrogen) atoms. The monoisotopic (exact) mass is 761 g/mol. The predicted molar refractivity (Wildman–Crippen MR) is 203 cm³/mol. The largest absolute Gasteiger partial charge is 0.472 e. The molecule has 2 saturated carbocycles. The number of pyridine rings is 1. The Labute approximate surface area is 316 Å². The molecule has 4 heterocycles. The Morgan fingerprint density at radius 3 is 2.63 bits per heavy atom. The molecular weight excluding hydrogens is 711 g/mol. The number of hydrogen-bond donors (Lipinski definition) is 3. The van der Waals surface area contributed by atoms with Crippen molar-refractivity contribution in [3.63, 3.8) is 0 Å². The molecule has 0 unspecified atom stereocenters. The molecule has 3 N–H and O–H groups in total. The van der Waals surface area contributed by atoms with Gasteiger partial charge in [-0.1, -0.05) is 69.2 Å². The van der Waals surface area contributed by atoms with E-state index in [2.05, 4.69) is 21.4 Å². The minimum absolute atomic E-state index is 0.0213. The maximum absolute atomic E-state index is 14.6. The van der Waals surface area contributed by atoms with E-state index < -0.39 is 68.7 Å². The summed E-state index contributed by atoms with van der Waals surface area (Å²) >= 11 is 0. The van der Waals surface area contributed by atoms with Gasteiger partial charge in [0.05, 0.1) is 23.9 Å². The minimum atomic E-state index is -3.88. The second-order valence-electron chi connectivity index (χ2n) is 16.3. The number of ether oxygens (including phenoxy) is 2. The van der Waals surface area contributed by atoms with Gasteiger partial charge in [0.25, 0.3) is 5.91 Å². The number of hydrogen-bond acceptors (Lipinski definition) is 9. The van der Waals surface area contributed by atoms with Crippen LogP contribution in [0.1, 0.15) is 96.5 Å². The summed E-state index contributed by atoms with van der Waals surface area (Å²) in [5.41, 5.74) is -0.286. The van der Waals surface area contributed by atoms with E-state index in [4.69, 9.17) is 14.5 Å². The highest BCUT2D eigenvalue weighted by Gasteiger charge is 2.62. The number of para-hydroxylation sites is 1. The van der Waals surface area contributed by atoms with E-state index in [0.29, 0.717) is 38.0 Å². The lowest BCUT2D eigenvalue weighted by molar-refractivity contribution is -0.141. The van der Waals surface area contributed by atoms with Crippen molar-refractivity contribution in [1.29, 1.82) is 0 Å². The van der Waals surface area contributed by atoms with E-state index in [0.717, 1.165) is 48.6 Å². The van der Waals surface area contributed by atoms with Gasteiger partial charge in [-0.15, -0.1) is 0 Å². The van der Waals surface area contributed by atoms with Crippen molar-refractivity contribution in [1.82, 2.24) is 25.2 Å². The number of cyclic esters (lactones) is 1. The van der Waals surface area contributed by atoms with Gasteiger partial charge in [0.1, 0.15) is 23.7 Å². The molecule has 2 aliphatic carbocycles. The van der Waals surface area contributed by atoms with Crippen molar-refractivity contribution in [3.05, 3.63) is 54.1 Å². The number of allylic oxidation sites excluding steroid dienone is 2. The topological polar surface area (TPSA) is 173 Å². The third-order valence-corrected chi connectivity index (χ3v) is 13.1. The summed E-state index contributed by atoms with van der Waals surface area (Å²) < 4.78 is 40.2. The number of carbonyl (C=O) groups excluding carboxylic acids is 4. The number of carbonyl (C=O) groups is 4. The van der Waals surface area contributed by atoms with E-state index in [9.17, 15) is 27.6 Å². The molecule has 0 spiro atoms. The van der Waals surface area contributed by atoms with Crippen LogP contribution in [-0.2, 0) is 29.1 Å². The normalized spacial score (nSPS) is 30.7. The molecule has 1 aromatic carbocycles. The summed E-state index contributed by atoms with van der Waals surface area (Å²) in [5.74, 6) is -1.87. The molecule has 1 aromatic heterocycles. The quantitative estimate of drug-likeness (QED) is 0.368. The number of benzene rings is 1. The van der Waals surface area contributed by atoms with Crippen LogP contribution in [0.15, 0.2) is 48.6 Å². The number of alkyl carbamates (subject to hydrolysis) is 1. The van der Waals surface area contributed by atoms with Crippen LogP contribution >= 0.6 is 0 Å². The zero-order valence-electron chi connectivity index (χ0n) is 31.1. The zero-order chi connectivity index (χ0) is 38.1. The maximum atomic E-state index is 14.6. The fourth-order valence-corrected chi connectivity index (χ4v) is 9.12. The summed E-state index contributed by atoms with van der Waals surface area (Å²) in [5, 5.41) is 6.04. The molecular formula is C40H51N5O8S. The van der Waals surface area contributed by atoms with Gasteiger partial charge in [0.15, 0.2) is 0 Å². The lowest BCUT2D eigenvalue weighted by Crippen LogP contribution is -2.58. The van der Waals surface area contributed by atoms with Gasteiger partial charge < -0.3 is 25.0 Å². The Kier molecular flexibility index (Phi) is 10.8. The van der Waals surface area contributed by atoms with Crippen LogP contribution in [0.2, 0.25) is 0 Å². The van der Waals surface area contributed by atoms with Crippen molar-refractivity contribution in [3.8, 4) is 5.88 Å². The van der Waals surface area contributed by atoms with Gasteiger partial charge in [-0.3, -0.25) is 19.1 Å². The van der Waals surface area contributed by atoms with E-state index in [1.54, 1.807) is 0 Å². The van der Waals surface area contributed by atoms with Crippen molar-refractivity contribution in [2.45, 2.75) is 120 Å². The first-order valence-corrected chi connectivity index (χ1v) is 20.9. The molecule has 13 nitrogen and oxygen atoms in total. The van der Waals surface area contributed by atoms with Gasteiger partial charge in [-0.2, -0.15) is 0 Å². The average Bonchev–Trinajstić information content (AvgIpc) is 4.06. The molecule has 1 saturated heterocycles. The number of aromatic nitrogens is 1. The van der Waals surface area contributed by atoms with E-state index in [-0.39, 0.29) is 31.4 Å². The fourth-order valence-electron chi connectivity index (χ4n) is 7.76. The number of nitrogens with one attached hydrogen (secondary N) is 3. The van der Waals surface area contributed by atoms with Crippen LogP contribution in [0.4, 0.5) is 4.79 Å². The average molecular weight is 762 g/mol. The molecule has 2 aromatic rings. The first-order valence-electron chi connectivity index (χ1n) is 19.4. The number of rotatable bonds is 3. The Morgan fingerprint density at radius 2 is 1.81 bits per heavy atom. The van der Waals surface area contributed by atoms with Gasteiger partial charge in [0.2, 0.25) is 27.7 Å². The van der Waals surface area contributed by atoms with Gasteiger partial charge in [0, 0.05) is 23.3 Å². The van der Waals surface area contributed by atoms with Crippen molar-refractivity contribution >= 4 is 50.8 Å². The predicted octanol–water partition coefficient (Wildman–Crippen LogP) is 4.90. The van der Waals surface area contributed by atoms with Crippen LogP contribution in [-0.4, -0.2) is 84.2 Å². The molecule has 3 bridgehead atoms. The van der Waals surface area contributed by atoms with Crippen molar-refractivity contribution in [2.24, 2.45) is 11.3 Å². The molecule has 3 fully saturated rings. The van der Waals surface area contributed by atoms with Crippen LogP contribution in [0.25, 0.3) is 17.0 Å². The third-order valence-electron chi connectivity index (χ3n) is 11.2. The van der Waals surface area contributed by atoms with Crippen LogP contribution in [0, 0.1) is 11.3 Å². The summed E-state index contributed by atoms with van der Waals surface area (Å²) in [7, 11) is -3.88. The fraction of sp³-hybridized carbons (Fsp3) is 0.575. The Bertz CT molecular complexity index is 1960. The van der Waals surface area contributed by atoms with Crippen LogP contribution in [0.5, 0.6) is 5.88 Å². The Balaban J connectivity index is 1.24. The second-order valence-corrected chi connectivity index (χ2v) is 18.3. The molecule has 290 valence electrons. The summed E-state index contributed by atoms with van der Waals surface area (Å²) in [6.45, 7) is 4.27. The standard InChI is InChI=1S/C40H51N5O8S/c1-39(2)20-12-6-7-14-27-21-26-13-10-11-16-31(26)41-35(27)53-29-22-33-34(46)43-40(37(48)44-54(50,51)30-18-19-30)23-28(40)15-8-4-3-5-9-17-32(36(47)45(33)24-29)42-38(49)52-25-39/h7-8,10-11,13-16,21,28-30,32-33H,3-6,9,12,17-20,22-25H2,1-2H3,(H,42,49)(H,43,46)(H,44,48)/b14-7+,15-8-/t28-,29+,32-,33-,40+/m0/s1. The smallest absolute Gasteiger partial charge is 0.407 e. The number of amides is 4. The highest BCUT2D eigenvalue weighted by molar-refractivity contribution is 7.91. The summed E-state index contributed by atoms with van der Waals surface area (Å²) in [4.78, 5) is 62.2. The van der Waals surface area contributed by atoms with E-state index in [1.165, 1.54) is 4.90 Å². The van der Waals surface area contributed by atoms with Crippen molar-refractivity contribution in [2.75, 3.05) is 13.2 Å². The SMILES string of the molecule is CC1(C)CCC/C=C/c2cc3ccccc3nc2O[C@@H]2C[C@H]3C(=O)N[C@]4(C(=O)NS(=O)(=O)C5CC5)C[C@@H]4/C=C\CCCCC[C@H](NC(=O)OC1)C(=O)N3C2. The summed E-state index contributed by atoms with van der Waals surface area (Å²) in [6.07, 6.45) is 13.5. The second kappa shape index (κ2) is 15.3. The lowest BCUT2D eigenvalue weighted by atomic mass is 9.88. The van der Waals surface area contributed by atoms with Gasteiger partial charge in [-0.05, 0) is 75.3 Å². The first kappa shape index (κ1) is 37.8. The van der Waals surface area contributed by atoms with E-state index >= 15 is 0 Å². The first-order chi connectivity index (χ1) is 25.8. The Hall–Kier alpha value is -4.46. The van der Waals surface area contributed by atoms with Gasteiger partial charge in [-0.25, -0.2) is 18.2 Å². The van der Waals surface area contributed by atoms with Crippen LogP contribution in [0.3, 0.4) is 0 Å². The van der Waals surface area contributed by atoms with Crippen LogP contribution < -0.4 is 20.1 Å². The van der Waals surface area contributed by atoms with Gasteiger partial charge >= 0.3 is 6.09 Å².